The average Bonchev–Trinajstić information content (AvgIpc) is 3.40. The van der Waals surface area contributed by atoms with Gasteiger partial charge in [-0.05, 0) is 79.5 Å². The zero-order valence-corrected chi connectivity index (χ0v) is 43.3. The van der Waals surface area contributed by atoms with Crippen molar-refractivity contribution in [3.05, 3.63) is 99.2 Å². The molecule has 288 valence electrons. The topological polar surface area (TPSA) is 178 Å². The van der Waals surface area contributed by atoms with Crippen molar-refractivity contribution in [3.63, 3.8) is 0 Å². The second kappa shape index (κ2) is 20.8. The molecule has 0 radical (unpaired) electrons. The van der Waals surface area contributed by atoms with E-state index in [2.05, 4.69) is 52.6 Å². The summed E-state index contributed by atoms with van der Waals surface area (Å²) in [6.07, 6.45) is 12.2. The molecule has 0 N–H and O–H groups in total. The van der Waals surface area contributed by atoms with Crippen LogP contribution in [-0.4, -0.2) is 73.8 Å². The van der Waals surface area contributed by atoms with Crippen molar-refractivity contribution in [1.29, 1.82) is 0 Å². The molecule has 2 heterocycles. The fourth-order valence-electron chi connectivity index (χ4n) is 7.52. The number of unbranched alkanes of at least 4 members (excludes halogenated alkanes) is 2. The van der Waals surface area contributed by atoms with Gasteiger partial charge in [-0.3, -0.25) is 0 Å². The van der Waals surface area contributed by atoms with Crippen LogP contribution in [0.2, 0.25) is 0 Å². The molecule has 0 saturated carbocycles. The standard InChI is InChI=1S/C38H47BrN2O9S3.3Na/c1-37(2)30-14-5-6-15-32(30)40(22-7-9-24-51(42,43)44)34(37)20-16-27-12-11-13-28(36(27)39)17-21-35-38(3,4)31-26-29(53(48,49)50)18-19-33(31)41(35)23-8-10-25-52(45,46)47;;;/h6,14-21,26H,7-13,22-25H2,1-4H3,(H,42,43,44)(H,45,46,47)(H,48,49,50);;;/q;3*+1/p-3. The molecule has 2 aliphatic heterocycles. The van der Waals surface area contributed by atoms with E-state index >= 15 is 0 Å². The molecule has 0 aromatic heterocycles. The zero-order chi connectivity index (χ0) is 39.0. The van der Waals surface area contributed by atoms with Crippen LogP contribution < -0.4 is 93.6 Å². The summed E-state index contributed by atoms with van der Waals surface area (Å²) in [5, 5.41) is 0. The second-order valence-corrected chi connectivity index (χ2v) is 19.9. The predicted molar refractivity (Wildman–Crippen MR) is 206 cm³/mol. The zero-order valence-electron chi connectivity index (χ0n) is 33.2. The largest absolute Gasteiger partial charge is 1.00 e. The fraction of sp³-hybridized carbons (Fsp3) is 0.447. The Morgan fingerprint density at radius 2 is 1.46 bits per heavy atom. The van der Waals surface area contributed by atoms with Crippen molar-refractivity contribution in [1.82, 2.24) is 0 Å². The number of allylic oxidation sites excluding steroid dienone is 8. The Kier molecular flexibility index (Phi) is 19.4. The molecule has 0 atom stereocenters. The van der Waals surface area contributed by atoms with Crippen LogP contribution in [0, 0.1) is 6.07 Å². The van der Waals surface area contributed by atoms with E-state index < -0.39 is 47.3 Å². The summed E-state index contributed by atoms with van der Waals surface area (Å²) < 4.78 is 106. The van der Waals surface area contributed by atoms with Gasteiger partial charge in [-0.25, -0.2) is 29.8 Å². The molecule has 1 aliphatic carbocycles. The van der Waals surface area contributed by atoms with E-state index in [1.807, 2.05) is 49.1 Å². The number of hydrogen-bond donors (Lipinski definition) is 0. The summed E-state index contributed by atoms with van der Waals surface area (Å²) in [5.74, 6) is -0.877. The van der Waals surface area contributed by atoms with Gasteiger partial charge in [0.1, 0.15) is 22.4 Å². The first kappa shape index (κ1) is 52.2. The molecule has 0 unspecified atom stereocenters. The minimum Gasteiger partial charge on any atom is -0.748 e. The van der Waals surface area contributed by atoms with Crippen LogP contribution in [0.3, 0.4) is 0 Å². The number of fused-ring (bicyclic) bond motifs is 2. The molecular weight excluding hydrogens is 873 g/mol. The van der Waals surface area contributed by atoms with Gasteiger partial charge in [0.25, 0.3) is 0 Å². The van der Waals surface area contributed by atoms with Crippen LogP contribution in [0.5, 0.6) is 0 Å². The molecule has 0 fully saturated rings. The number of hydrogen-bond acceptors (Lipinski definition) is 10. The number of anilines is 1. The van der Waals surface area contributed by atoms with Crippen molar-refractivity contribution >= 4 is 63.4 Å². The number of benzene rings is 2. The third-order valence-electron chi connectivity index (χ3n) is 10.3. The van der Waals surface area contributed by atoms with Crippen LogP contribution >= 0.6 is 15.9 Å². The van der Waals surface area contributed by atoms with Crippen LogP contribution in [0.4, 0.5) is 11.4 Å². The molecule has 2 aromatic carbocycles. The Labute approximate surface area is 407 Å². The van der Waals surface area contributed by atoms with Crippen molar-refractivity contribution in [2.45, 2.75) is 88.4 Å². The first-order valence-electron chi connectivity index (χ1n) is 17.5. The number of nitrogens with zero attached hydrogens (tertiary/aromatic N) is 2. The monoisotopic (exact) mass is 916 g/mol. The Morgan fingerprint density at radius 3 is 2.09 bits per heavy atom. The third kappa shape index (κ3) is 12.6. The molecule has 0 amide bonds. The van der Waals surface area contributed by atoms with E-state index in [1.54, 1.807) is 6.07 Å². The van der Waals surface area contributed by atoms with Crippen LogP contribution in [-0.2, 0) is 41.2 Å². The van der Waals surface area contributed by atoms with Crippen molar-refractivity contribution < 1.29 is 132 Å². The molecule has 0 bridgehead atoms. The maximum atomic E-state index is 11.9. The van der Waals surface area contributed by atoms with Crippen molar-refractivity contribution in [2.24, 2.45) is 0 Å². The van der Waals surface area contributed by atoms with Gasteiger partial charge in [0.15, 0.2) is 5.71 Å². The summed E-state index contributed by atoms with van der Waals surface area (Å²) in [6.45, 7) is 9.12. The van der Waals surface area contributed by atoms with Crippen molar-refractivity contribution in [3.8, 4) is 0 Å². The van der Waals surface area contributed by atoms with Gasteiger partial charge in [-0.1, -0.05) is 61.3 Å². The van der Waals surface area contributed by atoms with Crippen LogP contribution in [0.25, 0.3) is 0 Å². The summed E-state index contributed by atoms with van der Waals surface area (Å²) in [6, 6.07) is 13.3. The van der Waals surface area contributed by atoms with E-state index in [1.165, 1.54) is 12.1 Å². The van der Waals surface area contributed by atoms with Crippen LogP contribution in [0.1, 0.15) is 83.8 Å². The molecule has 18 heteroatoms. The van der Waals surface area contributed by atoms with E-state index in [0.717, 1.165) is 57.6 Å². The van der Waals surface area contributed by atoms with Gasteiger partial charge in [0.2, 0.25) is 0 Å². The van der Waals surface area contributed by atoms with Gasteiger partial charge in [0, 0.05) is 57.2 Å². The van der Waals surface area contributed by atoms with Gasteiger partial charge in [-0.2, -0.15) is 18.2 Å². The second-order valence-electron chi connectivity index (χ2n) is 14.7. The smallest absolute Gasteiger partial charge is 0.748 e. The molecule has 3 aliphatic rings. The Bertz CT molecular complexity index is 2290. The predicted octanol–water partition coefficient (Wildman–Crippen LogP) is -2.57. The molecule has 5 rings (SSSR count). The maximum Gasteiger partial charge on any atom is 1.00 e. The Hall–Kier alpha value is 0.0800. The van der Waals surface area contributed by atoms with E-state index in [-0.39, 0.29) is 112 Å². The summed E-state index contributed by atoms with van der Waals surface area (Å²) >= 11 is 3.87. The minimum atomic E-state index is -4.70. The molecule has 11 nitrogen and oxygen atoms in total. The summed E-state index contributed by atoms with van der Waals surface area (Å²) in [5.41, 5.74) is 6.50. The fourth-order valence-corrected chi connectivity index (χ4v) is 9.79. The van der Waals surface area contributed by atoms with Gasteiger partial charge in [0.05, 0.1) is 25.1 Å². The van der Waals surface area contributed by atoms with Gasteiger partial charge in [-0.15, -0.1) is 6.07 Å². The van der Waals surface area contributed by atoms with E-state index in [9.17, 15) is 38.9 Å². The first-order valence-corrected chi connectivity index (χ1v) is 22.9. The number of halogens is 1. The van der Waals surface area contributed by atoms with Gasteiger partial charge < -0.3 is 18.6 Å². The van der Waals surface area contributed by atoms with Crippen molar-refractivity contribution in [2.75, 3.05) is 29.5 Å². The quantitative estimate of drug-likeness (QED) is 0.0644. The molecule has 2 aromatic rings. The molecule has 0 spiro atoms. The molecule has 0 saturated heterocycles. The Morgan fingerprint density at radius 1 is 0.821 bits per heavy atom. The summed E-state index contributed by atoms with van der Waals surface area (Å²) in [7, 11) is -13.3. The van der Waals surface area contributed by atoms with Gasteiger partial charge >= 0.3 is 88.7 Å². The van der Waals surface area contributed by atoms with E-state index in [0.29, 0.717) is 37.2 Å². The maximum absolute atomic E-state index is 11.9. The number of rotatable bonds is 14. The molecule has 56 heavy (non-hydrogen) atoms. The first-order chi connectivity index (χ1) is 24.6. The third-order valence-corrected chi connectivity index (χ3v) is 13.7. The van der Waals surface area contributed by atoms with E-state index in [4.69, 9.17) is 0 Å². The summed E-state index contributed by atoms with van der Waals surface area (Å²) in [4.78, 5) is 1.68. The van der Waals surface area contributed by atoms with Crippen LogP contribution in [0.15, 0.2) is 86.9 Å². The Balaban J connectivity index is 0.00000361. The average molecular weight is 918 g/mol. The SMILES string of the molecule is CC1(C)C(/C=C/C2=C(Br)C(=C/C=C3/N(CCCCS(=O)(=O)[O-])c4ccc(S(=O)(=O)[O-])cc4C3(C)C)/CCC2)=[N+](CCCCS(=O)(=O)[O-])c2cc[c-]cc21.[Na+].[Na+].[Na+]. The normalized spacial score (nSPS) is 19.2. The minimum absolute atomic E-state index is 0. The molecular formula is C38H44BrN2Na3O9S3.